The molecule has 128 valence electrons. The first-order chi connectivity index (χ1) is 11.5. The molecule has 0 saturated heterocycles. The molecule has 0 spiro atoms. The zero-order chi connectivity index (χ0) is 17.5. The molecule has 7 heteroatoms. The minimum atomic E-state index is -0.374. The van der Waals surface area contributed by atoms with E-state index >= 15 is 0 Å². The van der Waals surface area contributed by atoms with Gasteiger partial charge in [-0.1, -0.05) is 29.3 Å². The molecule has 0 atom stereocenters. The number of benzene rings is 2. The first-order valence-electron chi connectivity index (χ1n) is 7.36. The highest BCUT2D eigenvalue weighted by atomic mass is 35.5. The number of carbonyl (C=O) groups excluding carboxylic acids is 1. The van der Waals surface area contributed by atoms with Crippen molar-refractivity contribution in [1.29, 1.82) is 0 Å². The Morgan fingerprint density at radius 2 is 1.83 bits per heavy atom. The van der Waals surface area contributed by atoms with Crippen molar-refractivity contribution < 1.29 is 14.3 Å². The Hall–Kier alpha value is -1.82. The standard InChI is InChI=1S/C17H17Cl2FN2O2/c18-15-7-2-12(10-16(15)19)11-22(8-1-9-23)17(24)21-14-5-3-13(20)4-6-14/h2-7,10,23H,1,8-9,11H2,(H,21,24). The molecule has 0 bridgehead atoms. The second-order valence-corrected chi connectivity index (χ2v) is 6.00. The highest BCUT2D eigenvalue weighted by Gasteiger charge is 2.14. The zero-order valence-corrected chi connectivity index (χ0v) is 14.3. The van der Waals surface area contributed by atoms with Crippen LogP contribution in [0.4, 0.5) is 14.9 Å². The average Bonchev–Trinajstić information content (AvgIpc) is 2.56. The van der Waals surface area contributed by atoms with Gasteiger partial charge in [-0.2, -0.15) is 0 Å². The minimum absolute atomic E-state index is 0.0261. The number of aliphatic hydroxyl groups is 1. The monoisotopic (exact) mass is 370 g/mol. The highest BCUT2D eigenvalue weighted by molar-refractivity contribution is 6.42. The Bertz CT molecular complexity index is 695. The summed E-state index contributed by atoms with van der Waals surface area (Å²) in [7, 11) is 0. The van der Waals surface area contributed by atoms with Gasteiger partial charge in [0.2, 0.25) is 0 Å². The zero-order valence-electron chi connectivity index (χ0n) is 12.8. The Balaban J connectivity index is 2.09. The molecule has 0 heterocycles. The van der Waals surface area contributed by atoms with E-state index in [-0.39, 0.29) is 18.5 Å². The van der Waals surface area contributed by atoms with E-state index in [1.54, 1.807) is 23.1 Å². The predicted octanol–water partition coefficient (Wildman–Crippen LogP) is 4.55. The van der Waals surface area contributed by atoms with Gasteiger partial charge in [-0.15, -0.1) is 0 Å². The summed E-state index contributed by atoms with van der Waals surface area (Å²) in [5.41, 5.74) is 1.31. The molecule has 0 aromatic heterocycles. The fraction of sp³-hybridized carbons (Fsp3) is 0.235. The van der Waals surface area contributed by atoms with Gasteiger partial charge in [0.1, 0.15) is 5.82 Å². The lowest BCUT2D eigenvalue weighted by atomic mass is 10.2. The number of anilines is 1. The summed E-state index contributed by atoms with van der Waals surface area (Å²) in [4.78, 5) is 14.0. The maximum absolute atomic E-state index is 12.9. The van der Waals surface area contributed by atoms with E-state index in [0.29, 0.717) is 35.2 Å². The first-order valence-corrected chi connectivity index (χ1v) is 8.11. The van der Waals surface area contributed by atoms with E-state index in [4.69, 9.17) is 28.3 Å². The van der Waals surface area contributed by atoms with Gasteiger partial charge in [-0.05, 0) is 48.4 Å². The van der Waals surface area contributed by atoms with Crippen LogP contribution in [0.2, 0.25) is 10.0 Å². The summed E-state index contributed by atoms with van der Waals surface area (Å²) in [5, 5.41) is 12.6. The Morgan fingerprint density at radius 3 is 2.46 bits per heavy atom. The molecule has 0 radical (unpaired) electrons. The normalized spacial score (nSPS) is 10.5. The van der Waals surface area contributed by atoms with E-state index in [9.17, 15) is 9.18 Å². The van der Waals surface area contributed by atoms with Crippen LogP contribution in [0.5, 0.6) is 0 Å². The van der Waals surface area contributed by atoms with Crippen LogP contribution in [-0.2, 0) is 6.54 Å². The molecule has 2 N–H and O–H groups in total. The van der Waals surface area contributed by atoms with Gasteiger partial charge in [0.05, 0.1) is 10.0 Å². The van der Waals surface area contributed by atoms with Gasteiger partial charge in [0, 0.05) is 25.4 Å². The maximum atomic E-state index is 12.9. The van der Waals surface area contributed by atoms with Crippen molar-refractivity contribution in [1.82, 2.24) is 4.90 Å². The quantitative estimate of drug-likeness (QED) is 0.783. The molecule has 24 heavy (non-hydrogen) atoms. The maximum Gasteiger partial charge on any atom is 0.322 e. The number of aliphatic hydroxyl groups excluding tert-OH is 1. The van der Waals surface area contributed by atoms with Crippen LogP contribution in [-0.4, -0.2) is 29.2 Å². The second-order valence-electron chi connectivity index (χ2n) is 5.18. The van der Waals surface area contributed by atoms with Gasteiger partial charge in [-0.3, -0.25) is 0 Å². The van der Waals surface area contributed by atoms with Gasteiger partial charge in [0.25, 0.3) is 0 Å². The van der Waals surface area contributed by atoms with Crippen molar-refractivity contribution in [3.05, 3.63) is 63.9 Å². The molecule has 2 amide bonds. The van der Waals surface area contributed by atoms with Crippen molar-refractivity contribution in [2.75, 3.05) is 18.5 Å². The van der Waals surface area contributed by atoms with E-state index in [1.807, 2.05) is 0 Å². The van der Waals surface area contributed by atoms with Crippen molar-refractivity contribution in [2.24, 2.45) is 0 Å². The molecule has 0 fully saturated rings. The number of halogens is 3. The number of amides is 2. The lowest BCUT2D eigenvalue weighted by Gasteiger charge is -2.23. The summed E-state index contributed by atoms with van der Waals surface area (Å²) in [6.45, 7) is 0.648. The van der Waals surface area contributed by atoms with Gasteiger partial charge in [-0.25, -0.2) is 9.18 Å². The van der Waals surface area contributed by atoms with Crippen molar-refractivity contribution in [2.45, 2.75) is 13.0 Å². The van der Waals surface area contributed by atoms with E-state index in [2.05, 4.69) is 5.32 Å². The van der Waals surface area contributed by atoms with Crippen LogP contribution in [0.25, 0.3) is 0 Å². The van der Waals surface area contributed by atoms with Crippen LogP contribution >= 0.6 is 23.2 Å². The van der Waals surface area contributed by atoms with Gasteiger partial charge >= 0.3 is 6.03 Å². The largest absolute Gasteiger partial charge is 0.396 e. The highest BCUT2D eigenvalue weighted by Crippen LogP contribution is 2.23. The minimum Gasteiger partial charge on any atom is -0.396 e. The predicted molar refractivity (Wildman–Crippen MR) is 94.0 cm³/mol. The average molecular weight is 371 g/mol. The number of rotatable bonds is 6. The summed E-state index contributed by atoms with van der Waals surface area (Å²) in [5.74, 6) is -0.374. The van der Waals surface area contributed by atoms with E-state index in [0.717, 1.165) is 5.56 Å². The van der Waals surface area contributed by atoms with E-state index < -0.39 is 0 Å². The Morgan fingerprint density at radius 1 is 1.12 bits per heavy atom. The SMILES string of the molecule is O=C(Nc1ccc(F)cc1)N(CCCO)Cc1ccc(Cl)c(Cl)c1. The molecule has 4 nitrogen and oxygen atoms in total. The van der Waals surface area contributed by atoms with Gasteiger partial charge < -0.3 is 15.3 Å². The van der Waals surface area contributed by atoms with Crippen molar-refractivity contribution in [3.63, 3.8) is 0 Å². The summed E-state index contributed by atoms with van der Waals surface area (Å²) < 4.78 is 12.9. The number of urea groups is 1. The Labute approximate surface area is 149 Å². The summed E-state index contributed by atoms with van der Waals surface area (Å²) in [6.07, 6.45) is 0.443. The molecule has 0 unspecified atom stereocenters. The molecule has 0 saturated carbocycles. The number of hydrogen-bond acceptors (Lipinski definition) is 2. The fourth-order valence-corrected chi connectivity index (χ4v) is 2.43. The number of nitrogens with one attached hydrogen (secondary N) is 1. The second kappa shape index (κ2) is 8.87. The molecule has 0 aliphatic rings. The third-order valence-corrected chi connectivity index (χ3v) is 4.07. The molecule has 2 aromatic carbocycles. The third kappa shape index (κ3) is 5.37. The third-order valence-electron chi connectivity index (χ3n) is 3.33. The Kier molecular flexibility index (Phi) is 6.85. The smallest absolute Gasteiger partial charge is 0.322 e. The number of nitrogens with zero attached hydrogens (tertiary/aromatic N) is 1. The molecular formula is C17H17Cl2FN2O2. The van der Waals surface area contributed by atoms with E-state index in [1.165, 1.54) is 24.3 Å². The van der Waals surface area contributed by atoms with Crippen molar-refractivity contribution in [3.8, 4) is 0 Å². The lowest BCUT2D eigenvalue weighted by molar-refractivity contribution is 0.199. The van der Waals surface area contributed by atoms with Crippen LogP contribution in [0.15, 0.2) is 42.5 Å². The molecule has 2 aromatic rings. The summed E-state index contributed by atoms with van der Waals surface area (Å²) >= 11 is 11.9. The molecule has 0 aliphatic heterocycles. The van der Waals surface area contributed by atoms with Crippen LogP contribution < -0.4 is 5.32 Å². The molecule has 0 aliphatic carbocycles. The van der Waals surface area contributed by atoms with Crippen LogP contribution in [0.1, 0.15) is 12.0 Å². The van der Waals surface area contributed by atoms with Crippen LogP contribution in [0, 0.1) is 5.82 Å². The topological polar surface area (TPSA) is 52.6 Å². The lowest BCUT2D eigenvalue weighted by Crippen LogP contribution is -2.35. The van der Waals surface area contributed by atoms with Gasteiger partial charge in [0.15, 0.2) is 0 Å². The molecule has 2 rings (SSSR count). The van der Waals surface area contributed by atoms with Crippen LogP contribution in [0.3, 0.4) is 0 Å². The first kappa shape index (κ1) is 18.5. The number of carbonyl (C=O) groups is 1. The number of hydrogen-bond donors (Lipinski definition) is 2. The van der Waals surface area contributed by atoms with Crippen molar-refractivity contribution >= 4 is 34.9 Å². The molecular weight excluding hydrogens is 354 g/mol. The summed E-state index contributed by atoms with van der Waals surface area (Å²) in [6, 6.07) is 10.3. The fourth-order valence-electron chi connectivity index (χ4n) is 2.11.